The van der Waals surface area contributed by atoms with Gasteiger partial charge in [0.2, 0.25) is 0 Å². The average Bonchev–Trinajstić information content (AvgIpc) is 2.48. The van der Waals surface area contributed by atoms with Crippen LogP contribution in [0.3, 0.4) is 0 Å². The van der Waals surface area contributed by atoms with Crippen LogP contribution in [0, 0.1) is 0 Å². The summed E-state index contributed by atoms with van der Waals surface area (Å²) in [5.41, 5.74) is 5.30. The second-order valence-electron chi connectivity index (χ2n) is 4.58. The number of hydrogen-bond donors (Lipinski definition) is 1. The van der Waals surface area contributed by atoms with Gasteiger partial charge in [-0.25, -0.2) is 0 Å². The molecule has 0 aliphatic heterocycles. The summed E-state index contributed by atoms with van der Waals surface area (Å²) in [7, 11) is 0. The molecule has 1 aromatic rings. The van der Waals surface area contributed by atoms with Gasteiger partial charge in [-0.2, -0.15) is 0 Å². The van der Waals surface area contributed by atoms with Crippen LogP contribution in [0.1, 0.15) is 25.6 Å². The fourth-order valence-electron chi connectivity index (χ4n) is 1.14. The molecule has 2 N–H and O–H groups in total. The molecule has 0 fully saturated rings. The number of esters is 1. The summed E-state index contributed by atoms with van der Waals surface area (Å²) >= 11 is 4.94. The molecule has 16 heavy (non-hydrogen) atoms. The van der Waals surface area contributed by atoms with Gasteiger partial charge < -0.3 is 10.5 Å². The molecule has 1 rings (SSSR count). The van der Waals surface area contributed by atoms with Crippen LogP contribution >= 0.6 is 27.3 Å². The molecule has 1 atom stereocenters. The van der Waals surface area contributed by atoms with Gasteiger partial charge in [0.1, 0.15) is 11.6 Å². The Morgan fingerprint density at radius 3 is 2.69 bits per heavy atom. The Hall–Kier alpha value is -0.390. The van der Waals surface area contributed by atoms with E-state index in [-0.39, 0.29) is 5.97 Å². The first-order valence-corrected chi connectivity index (χ1v) is 6.66. The molecule has 0 radical (unpaired) electrons. The molecular weight excluding hydrogens is 290 g/mol. The number of ether oxygens (including phenoxy) is 1. The maximum Gasteiger partial charge on any atom is 0.323 e. The maximum atomic E-state index is 11.6. The van der Waals surface area contributed by atoms with Crippen molar-refractivity contribution in [2.45, 2.75) is 38.8 Å². The smallest absolute Gasteiger partial charge is 0.323 e. The summed E-state index contributed by atoms with van der Waals surface area (Å²) in [5.74, 6) is -0.350. The van der Waals surface area contributed by atoms with Crippen molar-refractivity contribution in [1.82, 2.24) is 0 Å². The Kier molecular flexibility index (Phi) is 4.52. The molecule has 1 aromatic heterocycles. The first-order valence-electron chi connectivity index (χ1n) is 4.99. The van der Waals surface area contributed by atoms with E-state index < -0.39 is 11.6 Å². The van der Waals surface area contributed by atoms with Crippen molar-refractivity contribution < 1.29 is 9.53 Å². The van der Waals surface area contributed by atoms with E-state index in [9.17, 15) is 4.79 Å². The van der Waals surface area contributed by atoms with E-state index in [2.05, 4.69) is 15.9 Å². The molecule has 0 aliphatic carbocycles. The predicted molar refractivity (Wildman–Crippen MR) is 69.5 cm³/mol. The number of nitrogens with two attached hydrogens (primary N) is 1. The number of carbonyl (C=O) groups is 1. The van der Waals surface area contributed by atoms with Crippen LogP contribution in [0.5, 0.6) is 0 Å². The molecule has 1 unspecified atom stereocenters. The van der Waals surface area contributed by atoms with Gasteiger partial charge >= 0.3 is 5.97 Å². The van der Waals surface area contributed by atoms with Gasteiger partial charge in [0.05, 0.1) is 0 Å². The molecule has 0 saturated heterocycles. The van der Waals surface area contributed by atoms with E-state index in [4.69, 9.17) is 10.5 Å². The largest absolute Gasteiger partial charge is 0.459 e. The number of rotatable bonds is 3. The molecule has 0 amide bonds. The van der Waals surface area contributed by atoms with Crippen molar-refractivity contribution in [3.8, 4) is 0 Å². The van der Waals surface area contributed by atoms with Gasteiger partial charge in [0.15, 0.2) is 0 Å². The third kappa shape index (κ3) is 4.63. The van der Waals surface area contributed by atoms with E-state index >= 15 is 0 Å². The van der Waals surface area contributed by atoms with Crippen molar-refractivity contribution in [3.05, 3.63) is 20.8 Å². The second kappa shape index (κ2) is 5.29. The molecule has 0 aliphatic rings. The highest BCUT2D eigenvalue weighted by molar-refractivity contribution is 9.10. The first kappa shape index (κ1) is 13.7. The van der Waals surface area contributed by atoms with Gasteiger partial charge in [-0.3, -0.25) is 4.79 Å². The van der Waals surface area contributed by atoms with Gasteiger partial charge in [-0.1, -0.05) is 0 Å². The summed E-state index contributed by atoms with van der Waals surface area (Å²) in [5, 5.41) is 1.97. The number of carbonyl (C=O) groups excluding carboxylic acids is 1. The summed E-state index contributed by atoms with van der Waals surface area (Å²) < 4.78 is 6.22. The van der Waals surface area contributed by atoms with Crippen LogP contribution in [-0.2, 0) is 16.0 Å². The van der Waals surface area contributed by atoms with Crippen LogP contribution in [-0.4, -0.2) is 17.6 Å². The van der Waals surface area contributed by atoms with Crippen molar-refractivity contribution in [2.24, 2.45) is 5.73 Å². The molecule has 3 nitrogen and oxygen atoms in total. The molecule has 1 heterocycles. The molecule has 90 valence electrons. The van der Waals surface area contributed by atoms with E-state index in [0.717, 1.165) is 9.35 Å². The van der Waals surface area contributed by atoms with Crippen LogP contribution in [0.15, 0.2) is 15.9 Å². The van der Waals surface area contributed by atoms with Crippen molar-refractivity contribution in [2.75, 3.05) is 0 Å². The first-order chi connectivity index (χ1) is 7.28. The Balaban J connectivity index is 2.52. The molecule has 0 saturated carbocycles. The number of thiophene rings is 1. The van der Waals surface area contributed by atoms with Gasteiger partial charge in [0, 0.05) is 21.2 Å². The highest BCUT2D eigenvalue weighted by Crippen LogP contribution is 2.21. The standard InChI is InChI=1S/C11H16BrNO2S/c1-11(2,3)15-10(14)9(13)5-8-4-7(12)6-16-8/h4,6,9H,5,13H2,1-3H3. The summed E-state index contributed by atoms with van der Waals surface area (Å²) in [6.07, 6.45) is 0.519. The lowest BCUT2D eigenvalue weighted by Gasteiger charge is -2.21. The molecule has 0 bridgehead atoms. The van der Waals surface area contributed by atoms with E-state index in [1.165, 1.54) is 0 Å². The fourth-order valence-corrected chi connectivity index (χ4v) is 2.65. The van der Waals surface area contributed by atoms with Crippen molar-refractivity contribution in [3.63, 3.8) is 0 Å². The van der Waals surface area contributed by atoms with Gasteiger partial charge in [-0.05, 0) is 42.8 Å². The zero-order valence-corrected chi connectivity index (χ0v) is 12.0. The highest BCUT2D eigenvalue weighted by Gasteiger charge is 2.22. The van der Waals surface area contributed by atoms with Crippen LogP contribution in [0.4, 0.5) is 0 Å². The van der Waals surface area contributed by atoms with Gasteiger partial charge in [0.25, 0.3) is 0 Å². The van der Waals surface area contributed by atoms with Crippen LogP contribution < -0.4 is 5.73 Å². The molecule has 0 aromatic carbocycles. The zero-order valence-electron chi connectivity index (χ0n) is 9.62. The Bertz CT molecular complexity index is 370. The normalized spacial score (nSPS) is 13.6. The van der Waals surface area contributed by atoms with Crippen molar-refractivity contribution in [1.29, 1.82) is 0 Å². The molecule has 0 spiro atoms. The Labute approximate surface area is 108 Å². The third-order valence-corrected chi connectivity index (χ3v) is 3.47. The number of hydrogen-bond acceptors (Lipinski definition) is 4. The van der Waals surface area contributed by atoms with E-state index in [1.54, 1.807) is 11.3 Å². The molecule has 5 heteroatoms. The summed E-state index contributed by atoms with van der Waals surface area (Å²) in [6, 6.07) is 1.37. The SMILES string of the molecule is CC(C)(C)OC(=O)C(N)Cc1cc(Br)cs1. The monoisotopic (exact) mass is 305 g/mol. The van der Waals surface area contributed by atoms with E-state index in [1.807, 2.05) is 32.2 Å². The lowest BCUT2D eigenvalue weighted by atomic mass is 10.1. The lowest BCUT2D eigenvalue weighted by Crippen LogP contribution is -2.38. The Morgan fingerprint density at radius 2 is 2.25 bits per heavy atom. The average molecular weight is 306 g/mol. The predicted octanol–water partition coefficient (Wildman–Crippen LogP) is 2.72. The Morgan fingerprint density at radius 1 is 1.62 bits per heavy atom. The quantitative estimate of drug-likeness (QED) is 0.874. The van der Waals surface area contributed by atoms with E-state index in [0.29, 0.717) is 6.42 Å². The third-order valence-electron chi connectivity index (χ3n) is 1.75. The lowest BCUT2D eigenvalue weighted by molar-refractivity contribution is -0.156. The second-order valence-corrected chi connectivity index (χ2v) is 6.49. The minimum Gasteiger partial charge on any atom is -0.459 e. The summed E-state index contributed by atoms with van der Waals surface area (Å²) in [6.45, 7) is 5.50. The summed E-state index contributed by atoms with van der Waals surface area (Å²) in [4.78, 5) is 12.7. The number of halogens is 1. The zero-order chi connectivity index (χ0) is 12.3. The van der Waals surface area contributed by atoms with Gasteiger partial charge in [-0.15, -0.1) is 11.3 Å². The van der Waals surface area contributed by atoms with Crippen LogP contribution in [0.25, 0.3) is 0 Å². The fraction of sp³-hybridized carbons (Fsp3) is 0.545. The minimum atomic E-state index is -0.593. The molecular formula is C11H16BrNO2S. The maximum absolute atomic E-state index is 11.6. The minimum absolute atomic E-state index is 0.350. The highest BCUT2D eigenvalue weighted by atomic mass is 79.9. The van der Waals surface area contributed by atoms with Crippen molar-refractivity contribution >= 4 is 33.2 Å². The van der Waals surface area contributed by atoms with Crippen LogP contribution in [0.2, 0.25) is 0 Å². The topological polar surface area (TPSA) is 52.3 Å².